The molecule has 1 aromatic carbocycles. The topological polar surface area (TPSA) is 64.3 Å². The summed E-state index contributed by atoms with van der Waals surface area (Å²) in [6.45, 7) is 3.10. The van der Waals surface area contributed by atoms with Gasteiger partial charge in [0, 0.05) is 12.1 Å². The van der Waals surface area contributed by atoms with Crippen LogP contribution >= 0.6 is 0 Å². The number of methoxy groups -OCH3 is 1. The third-order valence-corrected chi connectivity index (χ3v) is 3.33. The number of hydrogen-bond acceptors (Lipinski definition) is 3. The number of ether oxygens (including phenoxy) is 1. The number of rotatable bonds is 10. The summed E-state index contributed by atoms with van der Waals surface area (Å²) in [4.78, 5) is 11.2. The van der Waals surface area contributed by atoms with E-state index in [1.54, 1.807) is 25.3 Å². The number of unbranched alkanes of at least 4 members (excludes halogenated alkanes) is 5. The van der Waals surface area contributed by atoms with Gasteiger partial charge in [-0.2, -0.15) is 0 Å². The third kappa shape index (κ3) is 5.51. The van der Waals surface area contributed by atoms with Gasteiger partial charge in [-0.25, -0.2) is 0 Å². The molecule has 1 aromatic rings. The van der Waals surface area contributed by atoms with E-state index >= 15 is 0 Å². The molecule has 0 aliphatic rings. The van der Waals surface area contributed by atoms with Crippen molar-refractivity contribution in [3.8, 4) is 5.75 Å². The van der Waals surface area contributed by atoms with Crippen LogP contribution in [0.1, 0.15) is 55.8 Å². The van der Waals surface area contributed by atoms with Crippen molar-refractivity contribution in [3.63, 3.8) is 0 Å². The Bertz CT molecular complexity index is 419. The normalized spacial score (nSPS) is 10.3. The van der Waals surface area contributed by atoms with Crippen LogP contribution in [0, 0.1) is 0 Å². The Kier molecular flexibility index (Phi) is 7.55. The van der Waals surface area contributed by atoms with Gasteiger partial charge in [-0.3, -0.25) is 4.79 Å². The molecule has 0 aliphatic carbocycles. The first kappa shape index (κ1) is 16.3. The van der Waals surface area contributed by atoms with E-state index in [1.165, 1.54) is 32.1 Å². The monoisotopic (exact) mass is 278 g/mol. The molecule has 0 atom stereocenters. The predicted molar refractivity (Wildman–Crippen MR) is 83.4 cm³/mol. The Morgan fingerprint density at radius 2 is 1.90 bits per heavy atom. The van der Waals surface area contributed by atoms with Crippen LogP contribution < -0.4 is 15.8 Å². The van der Waals surface area contributed by atoms with Crippen molar-refractivity contribution in [1.82, 2.24) is 0 Å². The van der Waals surface area contributed by atoms with Crippen molar-refractivity contribution in [2.75, 3.05) is 19.0 Å². The smallest absolute Gasteiger partial charge is 0.248 e. The van der Waals surface area contributed by atoms with Gasteiger partial charge in [-0.05, 0) is 24.6 Å². The number of nitrogens with one attached hydrogen (secondary N) is 1. The zero-order valence-electron chi connectivity index (χ0n) is 12.6. The highest BCUT2D eigenvalue weighted by Gasteiger charge is 2.07. The van der Waals surface area contributed by atoms with E-state index in [2.05, 4.69) is 12.2 Å². The van der Waals surface area contributed by atoms with Gasteiger partial charge in [0.25, 0.3) is 0 Å². The molecular weight excluding hydrogens is 252 g/mol. The summed E-state index contributed by atoms with van der Waals surface area (Å²) >= 11 is 0. The van der Waals surface area contributed by atoms with Gasteiger partial charge in [0.2, 0.25) is 5.91 Å². The number of carbonyl (C=O) groups excluding carboxylic acids is 1. The van der Waals surface area contributed by atoms with Crippen LogP contribution in [0.2, 0.25) is 0 Å². The molecule has 0 bridgehead atoms. The van der Waals surface area contributed by atoms with Gasteiger partial charge in [-0.1, -0.05) is 39.0 Å². The molecule has 112 valence electrons. The van der Waals surface area contributed by atoms with Crippen molar-refractivity contribution in [2.45, 2.75) is 45.4 Å². The molecule has 0 aliphatic heterocycles. The van der Waals surface area contributed by atoms with Crippen LogP contribution in [-0.2, 0) is 0 Å². The summed E-state index contributed by atoms with van der Waals surface area (Å²) in [5.74, 6) is 0.316. The lowest BCUT2D eigenvalue weighted by Gasteiger charge is -2.12. The number of hydrogen-bond donors (Lipinski definition) is 2. The van der Waals surface area contributed by atoms with Crippen molar-refractivity contribution in [3.05, 3.63) is 23.8 Å². The molecule has 0 saturated carbocycles. The highest BCUT2D eigenvalue weighted by atomic mass is 16.5. The van der Waals surface area contributed by atoms with Crippen molar-refractivity contribution in [2.24, 2.45) is 5.73 Å². The highest BCUT2D eigenvalue weighted by Crippen LogP contribution is 2.25. The van der Waals surface area contributed by atoms with Crippen LogP contribution in [0.3, 0.4) is 0 Å². The average molecular weight is 278 g/mol. The predicted octanol–water partition coefficient (Wildman–Crippen LogP) is 3.57. The maximum Gasteiger partial charge on any atom is 0.248 e. The quantitative estimate of drug-likeness (QED) is 0.643. The van der Waals surface area contributed by atoms with E-state index in [9.17, 15) is 4.79 Å². The molecule has 0 spiro atoms. The van der Waals surface area contributed by atoms with E-state index in [4.69, 9.17) is 10.5 Å². The number of primary amides is 1. The summed E-state index contributed by atoms with van der Waals surface area (Å²) in [7, 11) is 1.62. The highest BCUT2D eigenvalue weighted by molar-refractivity contribution is 5.94. The molecule has 3 N–H and O–H groups in total. The fourth-order valence-corrected chi connectivity index (χ4v) is 2.13. The molecule has 0 radical (unpaired) electrons. The molecule has 0 fully saturated rings. The Labute approximate surface area is 121 Å². The first-order valence-corrected chi connectivity index (χ1v) is 7.40. The van der Waals surface area contributed by atoms with E-state index in [0.29, 0.717) is 5.56 Å². The molecule has 0 heterocycles. The summed E-state index contributed by atoms with van der Waals surface area (Å²) in [6.07, 6.45) is 7.54. The molecule has 4 heteroatoms. The van der Waals surface area contributed by atoms with Gasteiger partial charge in [0.05, 0.1) is 12.8 Å². The molecule has 1 rings (SSSR count). The second-order valence-corrected chi connectivity index (χ2v) is 4.97. The van der Waals surface area contributed by atoms with Crippen LogP contribution in [0.5, 0.6) is 5.75 Å². The minimum absolute atomic E-state index is 0.421. The average Bonchev–Trinajstić information content (AvgIpc) is 2.46. The molecule has 1 amide bonds. The summed E-state index contributed by atoms with van der Waals surface area (Å²) in [5, 5.41) is 3.32. The summed E-state index contributed by atoms with van der Waals surface area (Å²) < 4.78 is 5.28. The first-order chi connectivity index (χ1) is 9.69. The van der Waals surface area contributed by atoms with Crippen molar-refractivity contribution < 1.29 is 9.53 Å². The van der Waals surface area contributed by atoms with E-state index in [-0.39, 0.29) is 0 Å². The second-order valence-electron chi connectivity index (χ2n) is 4.97. The second kappa shape index (κ2) is 9.23. The number of nitrogens with two attached hydrogens (primary N) is 1. The fraction of sp³-hybridized carbons (Fsp3) is 0.562. The Balaban J connectivity index is 2.41. The van der Waals surface area contributed by atoms with Gasteiger partial charge < -0.3 is 15.8 Å². The summed E-state index contributed by atoms with van der Waals surface area (Å²) in [6, 6.07) is 5.19. The summed E-state index contributed by atoms with van der Waals surface area (Å²) in [5.41, 5.74) is 6.62. The van der Waals surface area contributed by atoms with Gasteiger partial charge in [0.15, 0.2) is 0 Å². The third-order valence-electron chi connectivity index (χ3n) is 3.33. The van der Waals surface area contributed by atoms with Crippen LogP contribution in [0.15, 0.2) is 18.2 Å². The Morgan fingerprint density at radius 3 is 2.55 bits per heavy atom. The van der Waals surface area contributed by atoms with Crippen molar-refractivity contribution >= 4 is 11.6 Å². The zero-order valence-corrected chi connectivity index (χ0v) is 12.6. The lowest BCUT2D eigenvalue weighted by molar-refractivity contribution is 0.100. The maximum absolute atomic E-state index is 11.2. The molecule has 4 nitrogen and oxygen atoms in total. The van der Waals surface area contributed by atoms with E-state index in [1.807, 2.05) is 0 Å². The minimum Gasteiger partial charge on any atom is -0.495 e. The SMILES string of the molecule is CCCCCCCCNc1cc(C(N)=O)ccc1OC. The van der Waals surface area contributed by atoms with E-state index < -0.39 is 5.91 Å². The molecule has 0 aromatic heterocycles. The number of anilines is 1. The van der Waals surface area contributed by atoms with Gasteiger partial charge in [-0.15, -0.1) is 0 Å². The number of benzene rings is 1. The largest absolute Gasteiger partial charge is 0.495 e. The minimum atomic E-state index is -0.421. The van der Waals surface area contributed by atoms with Gasteiger partial charge in [0.1, 0.15) is 5.75 Å². The lowest BCUT2D eigenvalue weighted by Crippen LogP contribution is -2.12. The molecule has 0 saturated heterocycles. The van der Waals surface area contributed by atoms with Crippen LogP contribution in [0.25, 0.3) is 0 Å². The van der Waals surface area contributed by atoms with Gasteiger partial charge >= 0.3 is 0 Å². The molecule has 20 heavy (non-hydrogen) atoms. The number of amides is 1. The van der Waals surface area contributed by atoms with Crippen molar-refractivity contribution in [1.29, 1.82) is 0 Å². The number of carbonyl (C=O) groups is 1. The first-order valence-electron chi connectivity index (χ1n) is 7.40. The molecule has 0 unspecified atom stereocenters. The van der Waals surface area contributed by atoms with Crippen LogP contribution in [-0.4, -0.2) is 19.6 Å². The zero-order chi connectivity index (χ0) is 14.8. The standard InChI is InChI=1S/C16H26N2O2/c1-3-4-5-6-7-8-11-18-14-12-13(16(17)19)9-10-15(14)20-2/h9-10,12,18H,3-8,11H2,1-2H3,(H2,17,19). The Morgan fingerprint density at radius 1 is 1.20 bits per heavy atom. The van der Waals surface area contributed by atoms with Crippen LogP contribution in [0.4, 0.5) is 5.69 Å². The lowest BCUT2D eigenvalue weighted by atomic mass is 10.1. The maximum atomic E-state index is 11.2. The van der Waals surface area contributed by atoms with E-state index in [0.717, 1.165) is 24.4 Å². The fourth-order valence-electron chi connectivity index (χ4n) is 2.13. The molecular formula is C16H26N2O2. The Hall–Kier alpha value is -1.71.